The van der Waals surface area contributed by atoms with Gasteiger partial charge in [-0.05, 0) is 36.8 Å². The van der Waals surface area contributed by atoms with Crippen LogP contribution in [0.1, 0.15) is 91.3 Å². The minimum atomic E-state index is -1.07. The Kier molecular flexibility index (Phi) is 6.18. The van der Waals surface area contributed by atoms with E-state index in [9.17, 15) is 24.6 Å². The fourth-order valence-electron chi connectivity index (χ4n) is 5.85. The number of carbonyl (C=O) groups excluding carboxylic acids is 1. The molecule has 5 nitrogen and oxygen atoms in total. The van der Waals surface area contributed by atoms with Crippen LogP contribution in [0.3, 0.4) is 0 Å². The zero-order chi connectivity index (χ0) is 22.8. The molecule has 0 saturated heterocycles. The van der Waals surface area contributed by atoms with Gasteiger partial charge in [-0.1, -0.05) is 87.1 Å². The average Bonchev–Trinajstić information content (AvgIpc) is 2.84. The lowest BCUT2D eigenvalue weighted by Crippen LogP contribution is -2.40. The lowest BCUT2D eigenvalue weighted by molar-refractivity contribution is -0.146. The van der Waals surface area contributed by atoms with E-state index in [2.05, 4.69) is 0 Å². The van der Waals surface area contributed by atoms with Crippen LogP contribution in [0.5, 0.6) is 0 Å². The van der Waals surface area contributed by atoms with E-state index in [-0.39, 0.29) is 5.78 Å². The second-order valence-electron chi connectivity index (χ2n) is 9.32. The standard InChI is InChI=1S/C27H30O5/c28-23(19-11-3-5-13-21(19)26(24(29)30)15-7-1-8-16-26)20-12-4-6-14-22(20)27(25(31)32)17-9-2-10-18-27/h3-6,11-14H,1-2,7-10,15-18H2,(H,29,30)(H,31,32). The van der Waals surface area contributed by atoms with E-state index in [0.717, 1.165) is 38.5 Å². The maximum Gasteiger partial charge on any atom is 0.314 e. The molecule has 168 valence electrons. The Hall–Kier alpha value is -2.95. The van der Waals surface area contributed by atoms with Gasteiger partial charge in [-0.25, -0.2) is 0 Å². The summed E-state index contributed by atoms with van der Waals surface area (Å²) in [5.74, 6) is -2.06. The van der Waals surface area contributed by atoms with Crippen LogP contribution in [-0.2, 0) is 20.4 Å². The number of ketones is 1. The van der Waals surface area contributed by atoms with Gasteiger partial charge in [0, 0.05) is 11.1 Å². The molecule has 0 spiro atoms. The first-order valence-electron chi connectivity index (χ1n) is 11.6. The van der Waals surface area contributed by atoms with Gasteiger partial charge in [-0.3, -0.25) is 14.4 Å². The van der Waals surface area contributed by atoms with Crippen molar-refractivity contribution >= 4 is 17.7 Å². The van der Waals surface area contributed by atoms with Crippen LogP contribution in [0.2, 0.25) is 0 Å². The third kappa shape index (κ3) is 3.64. The summed E-state index contributed by atoms with van der Waals surface area (Å²) in [6.45, 7) is 0. The summed E-state index contributed by atoms with van der Waals surface area (Å²) in [5, 5.41) is 20.4. The van der Waals surface area contributed by atoms with Gasteiger partial charge in [0.2, 0.25) is 0 Å². The number of carboxylic acid groups (broad SMARTS) is 2. The molecule has 2 saturated carbocycles. The predicted molar refractivity (Wildman–Crippen MR) is 121 cm³/mol. The molecule has 0 aromatic heterocycles. The Balaban J connectivity index is 1.85. The molecule has 2 aliphatic rings. The molecule has 2 N–H and O–H groups in total. The van der Waals surface area contributed by atoms with E-state index in [1.165, 1.54) is 0 Å². The van der Waals surface area contributed by atoms with Gasteiger partial charge in [-0.2, -0.15) is 0 Å². The summed E-state index contributed by atoms with van der Waals surface area (Å²) in [6, 6.07) is 14.0. The van der Waals surface area contributed by atoms with Crippen LogP contribution in [0, 0.1) is 0 Å². The van der Waals surface area contributed by atoms with E-state index in [4.69, 9.17) is 0 Å². The van der Waals surface area contributed by atoms with Gasteiger partial charge in [0.25, 0.3) is 0 Å². The fourth-order valence-corrected chi connectivity index (χ4v) is 5.85. The van der Waals surface area contributed by atoms with Crippen molar-refractivity contribution in [2.45, 2.75) is 75.0 Å². The normalized spacial score (nSPS) is 19.8. The van der Waals surface area contributed by atoms with Gasteiger partial charge < -0.3 is 10.2 Å². The summed E-state index contributed by atoms with van der Waals surface area (Å²) < 4.78 is 0. The zero-order valence-corrected chi connectivity index (χ0v) is 18.3. The smallest absolute Gasteiger partial charge is 0.314 e. The number of hydrogen-bond acceptors (Lipinski definition) is 3. The van der Waals surface area contributed by atoms with Crippen LogP contribution < -0.4 is 0 Å². The highest BCUT2D eigenvalue weighted by atomic mass is 16.4. The molecular weight excluding hydrogens is 404 g/mol. The van der Waals surface area contributed by atoms with E-state index in [1.54, 1.807) is 48.5 Å². The first-order chi connectivity index (χ1) is 15.4. The average molecular weight is 435 g/mol. The summed E-state index contributed by atoms with van der Waals surface area (Å²) in [7, 11) is 0. The molecule has 0 aliphatic heterocycles. The molecular formula is C27H30O5. The molecule has 0 heterocycles. The largest absolute Gasteiger partial charge is 0.481 e. The van der Waals surface area contributed by atoms with Crippen molar-refractivity contribution in [3.63, 3.8) is 0 Å². The quantitative estimate of drug-likeness (QED) is 0.587. The Bertz CT molecular complexity index is 944. The Morgan fingerprint density at radius 3 is 1.25 bits per heavy atom. The first-order valence-corrected chi connectivity index (χ1v) is 11.6. The maximum absolute atomic E-state index is 13.9. The zero-order valence-electron chi connectivity index (χ0n) is 18.3. The number of benzene rings is 2. The van der Waals surface area contributed by atoms with Crippen molar-refractivity contribution < 1.29 is 24.6 Å². The third-order valence-electron chi connectivity index (χ3n) is 7.61. The van der Waals surface area contributed by atoms with Crippen molar-refractivity contribution in [1.82, 2.24) is 0 Å². The second kappa shape index (κ2) is 8.89. The summed E-state index contributed by atoms with van der Waals surface area (Å²) in [5.41, 5.74) is -0.287. The van der Waals surface area contributed by atoms with Gasteiger partial charge in [0.15, 0.2) is 5.78 Å². The van der Waals surface area contributed by atoms with E-state index in [0.29, 0.717) is 47.9 Å². The Morgan fingerprint density at radius 1 is 0.562 bits per heavy atom. The molecule has 2 fully saturated rings. The lowest BCUT2D eigenvalue weighted by Gasteiger charge is -2.36. The minimum absolute atomic E-state index is 0.284. The third-order valence-corrected chi connectivity index (χ3v) is 7.61. The van der Waals surface area contributed by atoms with Crippen molar-refractivity contribution in [3.8, 4) is 0 Å². The van der Waals surface area contributed by atoms with Crippen LogP contribution in [0.4, 0.5) is 0 Å². The van der Waals surface area contributed by atoms with E-state index in [1.807, 2.05) is 0 Å². The minimum Gasteiger partial charge on any atom is -0.481 e. The van der Waals surface area contributed by atoms with Crippen LogP contribution in [0.25, 0.3) is 0 Å². The van der Waals surface area contributed by atoms with Gasteiger partial charge in [0.05, 0.1) is 10.8 Å². The maximum atomic E-state index is 13.9. The Morgan fingerprint density at radius 2 is 0.906 bits per heavy atom. The summed E-state index contributed by atoms with van der Waals surface area (Å²) in [6.07, 6.45) is 7.27. The molecule has 5 heteroatoms. The van der Waals surface area contributed by atoms with Crippen LogP contribution in [-0.4, -0.2) is 27.9 Å². The molecule has 0 bridgehead atoms. The molecule has 0 amide bonds. The monoisotopic (exact) mass is 434 g/mol. The van der Waals surface area contributed by atoms with Gasteiger partial charge >= 0.3 is 11.9 Å². The highest BCUT2D eigenvalue weighted by Crippen LogP contribution is 2.44. The topological polar surface area (TPSA) is 91.7 Å². The SMILES string of the molecule is O=C(c1ccccc1C1(C(=O)O)CCCCC1)c1ccccc1C1(C(=O)O)CCCCC1. The van der Waals surface area contributed by atoms with Crippen molar-refractivity contribution in [1.29, 1.82) is 0 Å². The van der Waals surface area contributed by atoms with Crippen molar-refractivity contribution in [3.05, 3.63) is 70.8 Å². The molecule has 32 heavy (non-hydrogen) atoms. The molecule has 2 aromatic rings. The van der Waals surface area contributed by atoms with Crippen molar-refractivity contribution in [2.75, 3.05) is 0 Å². The molecule has 2 aromatic carbocycles. The molecule has 4 rings (SSSR count). The van der Waals surface area contributed by atoms with Crippen LogP contribution in [0.15, 0.2) is 48.5 Å². The highest BCUT2D eigenvalue weighted by molar-refractivity contribution is 6.12. The number of carboxylic acids is 2. The van der Waals surface area contributed by atoms with Gasteiger partial charge in [-0.15, -0.1) is 0 Å². The number of hydrogen-bond donors (Lipinski definition) is 2. The van der Waals surface area contributed by atoms with E-state index >= 15 is 0 Å². The second-order valence-corrected chi connectivity index (χ2v) is 9.32. The molecule has 0 radical (unpaired) electrons. The van der Waals surface area contributed by atoms with Crippen LogP contribution >= 0.6 is 0 Å². The van der Waals surface area contributed by atoms with Gasteiger partial charge in [0.1, 0.15) is 0 Å². The van der Waals surface area contributed by atoms with Crippen molar-refractivity contribution in [2.24, 2.45) is 0 Å². The molecule has 0 unspecified atom stereocenters. The highest BCUT2D eigenvalue weighted by Gasteiger charge is 2.46. The molecule has 0 atom stereocenters. The number of aliphatic carboxylic acids is 2. The number of carbonyl (C=O) groups is 3. The lowest BCUT2D eigenvalue weighted by atomic mass is 9.66. The summed E-state index contributed by atoms with van der Waals surface area (Å²) in [4.78, 5) is 38.8. The summed E-state index contributed by atoms with van der Waals surface area (Å²) >= 11 is 0. The molecule has 2 aliphatic carbocycles. The predicted octanol–water partition coefficient (Wildman–Crippen LogP) is 5.49. The Labute approximate surface area is 188 Å². The first kappa shape index (κ1) is 22.3. The van der Waals surface area contributed by atoms with E-state index < -0.39 is 22.8 Å². The number of rotatable bonds is 6. The fraction of sp³-hybridized carbons (Fsp3) is 0.444.